The van der Waals surface area contributed by atoms with Gasteiger partial charge in [-0.15, -0.1) is 6.42 Å². The molecule has 0 N–H and O–H groups in total. The number of thiazole rings is 1. The van der Waals surface area contributed by atoms with E-state index in [9.17, 15) is 9.18 Å². The number of nitrogens with zero attached hydrogens (tertiary/aromatic N) is 2. The lowest BCUT2D eigenvalue weighted by atomic mass is 10.2. The number of benzene rings is 2. The molecule has 0 aliphatic heterocycles. The second-order valence-electron chi connectivity index (χ2n) is 5.92. The zero-order valence-electron chi connectivity index (χ0n) is 14.9. The average molecular weight is 394 g/mol. The fraction of sp³-hybridized carbons (Fsp3) is 0.143. The Hall–Kier alpha value is -3.37. The SMILES string of the molecule is C#CCn1c(=NC(=O)c2cc3cccc(OCC)c3o2)sc2cc(F)ccc21. The van der Waals surface area contributed by atoms with Gasteiger partial charge >= 0.3 is 5.91 Å². The lowest BCUT2D eigenvalue weighted by Gasteiger charge is -2.02. The standard InChI is InChI=1S/C21H15FN2O3S/c1-3-10-24-15-9-8-14(22)12-18(15)28-21(24)23-20(25)17-11-13-6-5-7-16(26-4-2)19(13)27-17/h1,5-9,11-12H,4,10H2,2H3. The zero-order chi connectivity index (χ0) is 19.7. The fourth-order valence-corrected chi connectivity index (χ4v) is 3.98. The predicted molar refractivity (Wildman–Crippen MR) is 106 cm³/mol. The average Bonchev–Trinajstić information content (AvgIpc) is 3.25. The number of furan rings is 1. The van der Waals surface area contributed by atoms with Crippen LogP contribution in [0, 0.1) is 18.2 Å². The van der Waals surface area contributed by atoms with Crippen molar-refractivity contribution in [3.63, 3.8) is 0 Å². The van der Waals surface area contributed by atoms with Crippen molar-refractivity contribution >= 4 is 38.4 Å². The number of aromatic nitrogens is 1. The first-order chi connectivity index (χ1) is 13.6. The first-order valence-electron chi connectivity index (χ1n) is 8.57. The number of carbonyl (C=O) groups is 1. The summed E-state index contributed by atoms with van der Waals surface area (Å²) in [6.07, 6.45) is 5.45. The molecule has 140 valence electrons. The lowest BCUT2D eigenvalue weighted by molar-refractivity contribution is 0.0973. The van der Waals surface area contributed by atoms with Gasteiger partial charge in [0.15, 0.2) is 21.9 Å². The van der Waals surface area contributed by atoms with Gasteiger partial charge in [0.25, 0.3) is 0 Å². The van der Waals surface area contributed by atoms with Crippen molar-refractivity contribution in [2.24, 2.45) is 4.99 Å². The van der Waals surface area contributed by atoms with Crippen LogP contribution in [0.3, 0.4) is 0 Å². The van der Waals surface area contributed by atoms with Crippen LogP contribution in [0.15, 0.2) is 51.9 Å². The number of ether oxygens (including phenoxy) is 1. The Balaban J connectivity index is 1.82. The van der Waals surface area contributed by atoms with Gasteiger partial charge in [-0.1, -0.05) is 29.4 Å². The quantitative estimate of drug-likeness (QED) is 0.483. The van der Waals surface area contributed by atoms with Gasteiger partial charge in [0.1, 0.15) is 5.82 Å². The first-order valence-corrected chi connectivity index (χ1v) is 9.39. The highest BCUT2D eigenvalue weighted by molar-refractivity contribution is 7.16. The number of carbonyl (C=O) groups excluding carboxylic acids is 1. The number of amides is 1. The summed E-state index contributed by atoms with van der Waals surface area (Å²) in [6.45, 7) is 2.57. The molecule has 28 heavy (non-hydrogen) atoms. The fourth-order valence-electron chi connectivity index (χ4n) is 2.93. The number of halogens is 1. The highest BCUT2D eigenvalue weighted by atomic mass is 32.1. The molecule has 0 radical (unpaired) electrons. The van der Waals surface area contributed by atoms with Crippen LogP contribution in [0.4, 0.5) is 4.39 Å². The van der Waals surface area contributed by atoms with E-state index in [0.717, 1.165) is 10.9 Å². The molecule has 0 saturated carbocycles. The Morgan fingerprint density at radius 3 is 3.00 bits per heavy atom. The molecule has 2 heterocycles. The topological polar surface area (TPSA) is 56.7 Å². The molecule has 4 rings (SSSR count). The molecular formula is C21H15FN2O3S. The second kappa shape index (κ2) is 7.33. The highest BCUT2D eigenvalue weighted by Gasteiger charge is 2.16. The maximum absolute atomic E-state index is 13.5. The van der Waals surface area contributed by atoms with Crippen LogP contribution in [0.2, 0.25) is 0 Å². The van der Waals surface area contributed by atoms with E-state index >= 15 is 0 Å². The molecule has 0 bridgehead atoms. The Bertz CT molecular complexity index is 1310. The summed E-state index contributed by atoms with van der Waals surface area (Å²) >= 11 is 1.19. The normalized spacial score (nSPS) is 11.8. The third-order valence-electron chi connectivity index (χ3n) is 4.11. The number of hydrogen-bond acceptors (Lipinski definition) is 4. The van der Waals surface area contributed by atoms with E-state index in [0.29, 0.717) is 27.4 Å². The molecule has 0 fully saturated rings. The summed E-state index contributed by atoms with van der Waals surface area (Å²) in [6, 6.07) is 11.4. The number of hydrogen-bond donors (Lipinski definition) is 0. The molecule has 7 heteroatoms. The molecule has 2 aromatic carbocycles. The van der Waals surface area contributed by atoms with Crippen molar-refractivity contribution < 1.29 is 18.3 Å². The Labute approximate surface area is 163 Å². The monoisotopic (exact) mass is 394 g/mol. The zero-order valence-corrected chi connectivity index (χ0v) is 15.8. The van der Waals surface area contributed by atoms with Crippen LogP contribution in [-0.4, -0.2) is 17.1 Å². The number of rotatable bonds is 4. The Kier molecular flexibility index (Phi) is 4.72. The molecule has 0 aliphatic carbocycles. The summed E-state index contributed by atoms with van der Waals surface area (Å²) < 4.78 is 27.1. The first kappa shape index (κ1) is 18.0. The van der Waals surface area contributed by atoms with Crippen molar-refractivity contribution in [2.75, 3.05) is 6.61 Å². The third-order valence-corrected chi connectivity index (χ3v) is 5.15. The van der Waals surface area contributed by atoms with Crippen molar-refractivity contribution in [3.8, 4) is 18.1 Å². The third kappa shape index (κ3) is 3.19. The molecule has 5 nitrogen and oxygen atoms in total. The molecule has 0 unspecified atom stereocenters. The summed E-state index contributed by atoms with van der Waals surface area (Å²) in [7, 11) is 0. The summed E-state index contributed by atoms with van der Waals surface area (Å²) in [4.78, 5) is 17.3. The van der Waals surface area contributed by atoms with E-state index in [1.807, 2.05) is 19.1 Å². The van der Waals surface area contributed by atoms with Crippen LogP contribution in [0.5, 0.6) is 5.75 Å². The van der Waals surface area contributed by atoms with Crippen LogP contribution in [0.1, 0.15) is 17.5 Å². The molecule has 0 saturated heterocycles. The molecule has 0 aliphatic rings. The van der Waals surface area contributed by atoms with E-state index in [1.54, 1.807) is 22.8 Å². The van der Waals surface area contributed by atoms with Crippen LogP contribution in [0.25, 0.3) is 21.2 Å². The van der Waals surface area contributed by atoms with E-state index < -0.39 is 5.91 Å². The number of fused-ring (bicyclic) bond motifs is 2. The number of para-hydroxylation sites is 1. The molecule has 2 aromatic heterocycles. The van der Waals surface area contributed by atoms with Gasteiger partial charge in [-0.3, -0.25) is 4.79 Å². The summed E-state index contributed by atoms with van der Waals surface area (Å²) in [5.74, 6) is 2.30. The Morgan fingerprint density at radius 1 is 1.36 bits per heavy atom. The van der Waals surface area contributed by atoms with Gasteiger partial charge < -0.3 is 13.7 Å². The van der Waals surface area contributed by atoms with Crippen LogP contribution in [-0.2, 0) is 6.54 Å². The maximum Gasteiger partial charge on any atom is 0.315 e. The van der Waals surface area contributed by atoms with Crippen molar-refractivity contribution in [1.29, 1.82) is 0 Å². The van der Waals surface area contributed by atoms with Gasteiger partial charge in [0, 0.05) is 5.39 Å². The number of terminal acetylenes is 1. The van der Waals surface area contributed by atoms with Gasteiger partial charge in [0.05, 0.1) is 23.4 Å². The van der Waals surface area contributed by atoms with Crippen LogP contribution >= 0.6 is 11.3 Å². The highest BCUT2D eigenvalue weighted by Crippen LogP contribution is 2.29. The minimum Gasteiger partial charge on any atom is -0.490 e. The smallest absolute Gasteiger partial charge is 0.315 e. The summed E-state index contributed by atoms with van der Waals surface area (Å²) in [5.41, 5.74) is 1.22. The Morgan fingerprint density at radius 2 is 2.21 bits per heavy atom. The van der Waals surface area contributed by atoms with Gasteiger partial charge in [-0.2, -0.15) is 4.99 Å². The van der Waals surface area contributed by atoms with Crippen molar-refractivity contribution in [2.45, 2.75) is 13.5 Å². The van der Waals surface area contributed by atoms with E-state index in [4.69, 9.17) is 15.6 Å². The van der Waals surface area contributed by atoms with Crippen molar-refractivity contribution in [1.82, 2.24) is 4.57 Å². The van der Waals surface area contributed by atoms with Crippen LogP contribution < -0.4 is 9.54 Å². The van der Waals surface area contributed by atoms with Gasteiger partial charge in [0.2, 0.25) is 0 Å². The minimum atomic E-state index is -0.545. The van der Waals surface area contributed by atoms with Gasteiger partial charge in [-0.25, -0.2) is 4.39 Å². The molecular weight excluding hydrogens is 379 g/mol. The largest absolute Gasteiger partial charge is 0.490 e. The van der Waals surface area contributed by atoms with E-state index in [1.165, 1.54) is 23.5 Å². The molecule has 4 aromatic rings. The lowest BCUT2D eigenvalue weighted by Crippen LogP contribution is -2.16. The molecule has 1 amide bonds. The van der Waals surface area contributed by atoms with E-state index in [2.05, 4.69) is 10.9 Å². The summed E-state index contributed by atoms with van der Waals surface area (Å²) in [5, 5.41) is 0.749. The maximum atomic E-state index is 13.5. The van der Waals surface area contributed by atoms with E-state index in [-0.39, 0.29) is 18.1 Å². The van der Waals surface area contributed by atoms with Gasteiger partial charge in [-0.05, 0) is 37.3 Å². The second-order valence-corrected chi connectivity index (χ2v) is 6.93. The molecule has 0 spiro atoms. The predicted octanol–water partition coefficient (Wildman–Crippen LogP) is 4.36. The minimum absolute atomic E-state index is 0.0954. The molecule has 0 atom stereocenters. The van der Waals surface area contributed by atoms with Crippen molar-refractivity contribution in [3.05, 3.63) is 58.8 Å².